The number of nitrogens with zero attached hydrogens (tertiary/aromatic N) is 2. The quantitative estimate of drug-likeness (QED) is 0.795. The SMILES string of the molecule is CC(C)CN(CCC(=O)O)C(=O)c1ccc(Oc2cccnc2)cc1. The largest absolute Gasteiger partial charge is 0.481 e. The highest BCUT2D eigenvalue weighted by Gasteiger charge is 2.18. The van der Waals surface area contributed by atoms with Gasteiger partial charge in [-0.1, -0.05) is 13.8 Å². The summed E-state index contributed by atoms with van der Waals surface area (Å²) in [6, 6.07) is 10.4. The van der Waals surface area contributed by atoms with Gasteiger partial charge in [-0.05, 0) is 42.3 Å². The first-order chi connectivity index (χ1) is 12.0. The van der Waals surface area contributed by atoms with Crippen LogP contribution in [-0.4, -0.2) is 40.0 Å². The van der Waals surface area contributed by atoms with Crippen molar-refractivity contribution in [1.82, 2.24) is 9.88 Å². The van der Waals surface area contributed by atoms with Gasteiger partial charge in [0.1, 0.15) is 11.5 Å². The maximum absolute atomic E-state index is 12.6. The molecule has 0 aliphatic carbocycles. The maximum Gasteiger partial charge on any atom is 0.305 e. The Morgan fingerprint density at radius 3 is 2.44 bits per heavy atom. The number of carboxylic acids is 1. The lowest BCUT2D eigenvalue weighted by atomic mass is 10.1. The third kappa shape index (κ3) is 5.91. The van der Waals surface area contributed by atoms with Crippen molar-refractivity contribution in [1.29, 1.82) is 0 Å². The van der Waals surface area contributed by atoms with Crippen LogP contribution in [0.2, 0.25) is 0 Å². The normalized spacial score (nSPS) is 10.5. The van der Waals surface area contributed by atoms with E-state index in [1.165, 1.54) is 0 Å². The number of carboxylic acid groups (broad SMARTS) is 1. The highest BCUT2D eigenvalue weighted by atomic mass is 16.5. The molecular weight excluding hydrogens is 320 g/mol. The standard InChI is InChI=1S/C19H22N2O4/c1-14(2)13-21(11-9-18(22)23)19(24)15-5-7-16(8-6-15)25-17-4-3-10-20-12-17/h3-8,10,12,14H,9,11,13H2,1-2H3,(H,22,23). The number of benzene rings is 1. The summed E-state index contributed by atoms with van der Waals surface area (Å²) in [6.07, 6.45) is 3.20. The molecule has 1 amide bonds. The number of hydrogen-bond acceptors (Lipinski definition) is 4. The van der Waals surface area contributed by atoms with Gasteiger partial charge >= 0.3 is 5.97 Å². The first-order valence-electron chi connectivity index (χ1n) is 8.14. The molecule has 0 fully saturated rings. The van der Waals surface area contributed by atoms with Crippen LogP contribution in [0.25, 0.3) is 0 Å². The van der Waals surface area contributed by atoms with Crippen LogP contribution in [-0.2, 0) is 4.79 Å². The minimum Gasteiger partial charge on any atom is -0.481 e. The minimum atomic E-state index is -0.915. The summed E-state index contributed by atoms with van der Waals surface area (Å²) >= 11 is 0. The van der Waals surface area contributed by atoms with Gasteiger partial charge in [-0.25, -0.2) is 0 Å². The molecule has 6 heteroatoms. The topological polar surface area (TPSA) is 79.7 Å². The Bertz CT molecular complexity index is 699. The first kappa shape index (κ1) is 18.4. The Morgan fingerprint density at radius 1 is 1.16 bits per heavy atom. The van der Waals surface area contributed by atoms with E-state index in [-0.39, 0.29) is 24.8 Å². The fourth-order valence-electron chi connectivity index (χ4n) is 2.34. The van der Waals surface area contributed by atoms with Gasteiger partial charge in [0, 0.05) is 24.8 Å². The fraction of sp³-hybridized carbons (Fsp3) is 0.316. The fourth-order valence-corrected chi connectivity index (χ4v) is 2.34. The van der Waals surface area contributed by atoms with E-state index in [0.717, 1.165) is 0 Å². The van der Waals surface area contributed by atoms with E-state index in [1.807, 2.05) is 13.8 Å². The minimum absolute atomic E-state index is 0.0688. The summed E-state index contributed by atoms with van der Waals surface area (Å²) < 4.78 is 5.65. The van der Waals surface area contributed by atoms with Gasteiger partial charge in [-0.3, -0.25) is 14.6 Å². The van der Waals surface area contributed by atoms with Gasteiger partial charge in [0.2, 0.25) is 0 Å². The lowest BCUT2D eigenvalue weighted by Crippen LogP contribution is -2.35. The number of aliphatic carboxylic acids is 1. The average molecular weight is 342 g/mol. The second-order valence-corrected chi connectivity index (χ2v) is 6.10. The lowest BCUT2D eigenvalue weighted by Gasteiger charge is -2.24. The van der Waals surface area contributed by atoms with Crippen molar-refractivity contribution >= 4 is 11.9 Å². The van der Waals surface area contributed by atoms with Crippen molar-refractivity contribution in [3.05, 3.63) is 54.4 Å². The average Bonchev–Trinajstić information content (AvgIpc) is 2.59. The van der Waals surface area contributed by atoms with Crippen molar-refractivity contribution in [2.75, 3.05) is 13.1 Å². The molecule has 6 nitrogen and oxygen atoms in total. The monoisotopic (exact) mass is 342 g/mol. The first-order valence-corrected chi connectivity index (χ1v) is 8.14. The Labute approximate surface area is 147 Å². The number of pyridine rings is 1. The Kier molecular flexibility index (Phi) is 6.51. The Hall–Kier alpha value is -2.89. The lowest BCUT2D eigenvalue weighted by molar-refractivity contribution is -0.137. The number of carbonyl (C=O) groups excluding carboxylic acids is 1. The molecule has 0 saturated carbocycles. The molecule has 0 bridgehead atoms. The molecule has 1 heterocycles. The molecule has 0 unspecified atom stereocenters. The van der Waals surface area contributed by atoms with Gasteiger partial charge in [0.05, 0.1) is 12.6 Å². The smallest absolute Gasteiger partial charge is 0.305 e. The van der Waals surface area contributed by atoms with Crippen LogP contribution in [0.15, 0.2) is 48.8 Å². The van der Waals surface area contributed by atoms with E-state index in [4.69, 9.17) is 9.84 Å². The number of carbonyl (C=O) groups is 2. The number of amides is 1. The summed E-state index contributed by atoms with van der Waals surface area (Å²) in [5.74, 6) is 0.380. The molecule has 0 spiro atoms. The zero-order chi connectivity index (χ0) is 18.2. The molecule has 0 saturated heterocycles. The summed E-state index contributed by atoms with van der Waals surface area (Å²) in [5, 5.41) is 8.87. The molecule has 0 aliphatic rings. The molecule has 132 valence electrons. The molecule has 2 aromatic rings. The zero-order valence-electron chi connectivity index (χ0n) is 14.4. The van der Waals surface area contributed by atoms with Crippen molar-refractivity contribution in [3.63, 3.8) is 0 Å². The summed E-state index contributed by atoms with van der Waals surface area (Å²) in [5.41, 5.74) is 0.504. The number of ether oxygens (including phenoxy) is 1. The van der Waals surface area contributed by atoms with Crippen LogP contribution < -0.4 is 4.74 Å². The van der Waals surface area contributed by atoms with Crippen LogP contribution in [0.5, 0.6) is 11.5 Å². The van der Waals surface area contributed by atoms with E-state index in [0.29, 0.717) is 23.6 Å². The van der Waals surface area contributed by atoms with Gasteiger partial charge < -0.3 is 14.7 Å². The second kappa shape index (κ2) is 8.82. The van der Waals surface area contributed by atoms with E-state index in [9.17, 15) is 9.59 Å². The van der Waals surface area contributed by atoms with Crippen molar-refractivity contribution < 1.29 is 19.4 Å². The van der Waals surface area contributed by atoms with Crippen LogP contribution in [0.1, 0.15) is 30.6 Å². The second-order valence-electron chi connectivity index (χ2n) is 6.10. The Morgan fingerprint density at radius 2 is 1.88 bits per heavy atom. The molecule has 1 aromatic heterocycles. The predicted octanol–water partition coefficient (Wildman–Crippen LogP) is 3.45. The number of rotatable bonds is 8. The van der Waals surface area contributed by atoms with E-state index < -0.39 is 5.97 Å². The predicted molar refractivity (Wildman–Crippen MR) is 93.7 cm³/mol. The highest BCUT2D eigenvalue weighted by Crippen LogP contribution is 2.21. The van der Waals surface area contributed by atoms with Crippen LogP contribution in [0.4, 0.5) is 0 Å². The molecule has 0 radical (unpaired) electrons. The summed E-state index contributed by atoms with van der Waals surface area (Å²) in [6.45, 7) is 4.69. The van der Waals surface area contributed by atoms with Gasteiger partial charge in [0.15, 0.2) is 0 Å². The molecule has 25 heavy (non-hydrogen) atoms. The van der Waals surface area contributed by atoms with Crippen LogP contribution in [0, 0.1) is 5.92 Å². The molecule has 2 rings (SSSR count). The van der Waals surface area contributed by atoms with Gasteiger partial charge in [-0.15, -0.1) is 0 Å². The van der Waals surface area contributed by atoms with Crippen LogP contribution in [0.3, 0.4) is 0 Å². The zero-order valence-corrected chi connectivity index (χ0v) is 14.4. The maximum atomic E-state index is 12.6. The summed E-state index contributed by atoms with van der Waals surface area (Å²) in [4.78, 5) is 29.0. The van der Waals surface area contributed by atoms with E-state index in [1.54, 1.807) is 53.7 Å². The molecular formula is C19H22N2O4. The van der Waals surface area contributed by atoms with Crippen molar-refractivity contribution in [2.24, 2.45) is 5.92 Å². The molecule has 0 atom stereocenters. The number of hydrogen-bond donors (Lipinski definition) is 1. The molecule has 1 N–H and O–H groups in total. The third-order valence-electron chi connectivity index (χ3n) is 3.44. The Balaban J connectivity index is 2.07. The van der Waals surface area contributed by atoms with Gasteiger partial charge in [0.25, 0.3) is 5.91 Å². The van der Waals surface area contributed by atoms with Crippen molar-refractivity contribution in [3.8, 4) is 11.5 Å². The highest BCUT2D eigenvalue weighted by molar-refractivity contribution is 5.94. The van der Waals surface area contributed by atoms with E-state index in [2.05, 4.69) is 4.98 Å². The third-order valence-corrected chi connectivity index (χ3v) is 3.44. The van der Waals surface area contributed by atoms with Crippen LogP contribution >= 0.6 is 0 Å². The number of aromatic nitrogens is 1. The molecule has 1 aromatic carbocycles. The van der Waals surface area contributed by atoms with Gasteiger partial charge in [-0.2, -0.15) is 0 Å². The molecule has 0 aliphatic heterocycles. The summed E-state index contributed by atoms with van der Waals surface area (Å²) in [7, 11) is 0. The van der Waals surface area contributed by atoms with E-state index >= 15 is 0 Å². The van der Waals surface area contributed by atoms with Crippen molar-refractivity contribution in [2.45, 2.75) is 20.3 Å².